The topological polar surface area (TPSA) is 463 Å². The van der Waals surface area contributed by atoms with Crippen molar-refractivity contribution in [2.24, 2.45) is 27.9 Å². The average molecular weight is 1450 g/mol. The summed E-state index contributed by atoms with van der Waals surface area (Å²) in [5.41, 5.74) is 12.3. The molecule has 0 bridgehead atoms. The van der Waals surface area contributed by atoms with Crippen LogP contribution in [0.5, 0.6) is 0 Å². The van der Waals surface area contributed by atoms with Crippen LogP contribution in [0.25, 0.3) is 34.4 Å². The first kappa shape index (κ1) is 67.3. The summed E-state index contributed by atoms with van der Waals surface area (Å²) in [6, 6.07) is 12.5. The Morgan fingerprint density at radius 1 is 0.761 bits per heavy atom. The molecule has 472 valence electrons. The molecule has 2 aliphatic carbocycles. The number of benzene rings is 3. The molecule has 0 saturated heterocycles. The van der Waals surface area contributed by atoms with Gasteiger partial charge in [-0.2, -0.15) is 8.42 Å². The van der Waals surface area contributed by atoms with Crippen molar-refractivity contribution in [3.63, 3.8) is 0 Å². The smallest absolute Gasteiger partial charge is 0.444 e. The van der Waals surface area contributed by atoms with E-state index in [0.29, 0.717) is 46.6 Å². The number of aromatic nitrogens is 10. The lowest BCUT2D eigenvalue weighted by molar-refractivity contribution is -0.390. The van der Waals surface area contributed by atoms with E-state index in [9.17, 15) is 51.3 Å². The van der Waals surface area contributed by atoms with E-state index in [1.165, 1.54) is 36.4 Å². The normalized spacial score (nSPS) is 16.9. The fourth-order valence-corrected chi connectivity index (χ4v) is 10.3. The molecule has 32 nitrogen and oxygen atoms in total. The number of hydrogen-bond donors (Lipinski definition) is 7. The minimum atomic E-state index is -3.68. The predicted octanol–water partition coefficient (Wildman–Crippen LogP) is 7.23. The molecule has 0 radical (unpaired) electrons. The van der Waals surface area contributed by atoms with Gasteiger partial charge in [-0.1, -0.05) is 21.5 Å². The molecule has 2 saturated carbocycles. The molecular weight excluding hydrogens is 1390 g/mol. The van der Waals surface area contributed by atoms with Crippen LogP contribution < -0.4 is 43.5 Å². The zero-order valence-corrected chi connectivity index (χ0v) is 51.9. The number of hydrogen-bond acceptors (Lipinski definition) is 26. The molecular formula is C49H54Br3F3N18O14S. The molecule has 39 heteroatoms. The van der Waals surface area contributed by atoms with Crippen molar-refractivity contribution in [2.45, 2.75) is 96.2 Å². The number of nitrogens with one attached hydrogen (secondary N) is 3. The lowest BCUT2D eigenvalue weighted by atomic mass is 9.86. The highest BCUT2D eigenvalue weighted by molar-refractivity contribution is 9.11. The molecule has 5 aromatic heterocycles. The van der Waals surface area contributed by atoms with Gasteiger partial charge in [-0.25, -0.2) is 55.8 Å². The third-order valence-electron chi connectivity index (χ3n) is 12.9. The maximum absolute atomic E-state index is 13.4. The molecule has 8 aromatic rings. The highest BCUT2D eigenvalue weighted by atomic mass is 79.9. The summed E-state index contributed by atoms with van der Waals surface area (Å²) < 4.78 is 94.7. The Hall–Kier alpha value is -8.24. The summed E-state index contributed by atoms with van der Waals surface area (Å²) in [7, 11) is -3.68. The average Bonchev–Trinajstić information content (AvgIpc) is 3.63. The first-order chi connectivity index (χ1) is 41.7. The second-order valence-electron chi connectivity index (χ2n) is 20.5. The van der Waals surface area contributed by atoms with Crippen molar-refractivity contribution in [2.75, 3.05) is 24.1 Å². The number of carbonyl (C=O) groups excluding carboxylic acids is 1. The Bertz CT molecular complexity index is 3970. The Balaban J connectivity index is 0.000000172. The van der Waals surface area contributed by atoms with E-state index in [0.717, 1.165) is 66.6 Å². The van der Waals surface area contributed by atoms with Gasteiger partial charge < -0.3 is 42.2 Å². The maximum Gasteiger partial charge on any atom is 0.446 e. The zero-order valence-electron chi connectivity index (χ0n) is 46.3. The number of nitrogens with zero attached hydrogens (tertiary/aromatic N) is 12. The molecule has 5 heterocycles. The monoisotopic (exact) mass is 1440 g/mol. The van der Waals surface area contributed by atoms with Gasteiger partial charge in [0.15, 0.2) is 22.4 Å². The number of anilines is 2. The van der Waals surface area contributed by atoms with Gasteiger partial charge in [-0.05, 0) is 217 Å². The lowest BCUT2D eigenvalue weighted by Gasteiger charge is -2.29. The van der Waals surface area contributed by atoms with Crippen molar-refractivity contribution in [3.05, 3.63) is 128 Å². The fraction of sp³-hybridized carbons (Fsp3) is 0.388. The van der Waals surface area contributed by atoms with Crippen molar-refractivity contribution in [3.8, 4) is 34.4 Å². The molecule has 2 aliphatic rings. The van der Waals surface area contributed by atoms with E-state index in [2.05, 4.69) is 128 Å². The number of nitrogen functional groups attached to an aromatic ring is 1. The fourth-order valence-electron chi connectivity index (χ4n) is 8.65. The Morgan fingerprint density at radius 3 is 1.78 bits per heavy atom. The van der Waals surface area contributed by atoms with Crippen LogP contribution in [0.1, 0.15) is 83.4 Å². The number of amides is 1. The molecule has 0 aliphatic heterocycles. The molecule has 88 heavy (non-hydrogen) atoms. The second kappa shape index (κ2) is 30.1. The highest BCUT2D eigenvalue weighted by Crippen LogP contribution is 2.30. The number of oxime groups is 1. The van der Waals surface area contributed by atoms with Gasteiger partial charge in [0.25, 0.3) is 15.9 Å². The van der Waals surface area contributed by atoms with E-state index in [1.807, 2.05) is 20.8 Å². The van der Waals surface area contributed by atoms with Gasteiger partial charge in [0.1, 0.15) is 28.8 Å². The van der Waals surface area contributed by atoms with Crippen molar-refractivity contribution >= 4 is 87.3 Å². The Kier molecular flexibility index (Phi) is 23.0. The van der Waals surface area contributed by atoms with Gasteiger partial charge in [0, 0.05) is 31.6 Å². The quantitative estimate of drug-likeness (QED) is 0.0230. The molecule has 3 aromatic carbocycles. The molecule has 10 rings (SSSR count). The van der Waals surface area contributed by atoms with E-state index in [1.54, 1.807) is 12.1 Å². The molecule has 1 amide bonds. The summed E-state index contributed by atoms with van der Waals surface area (Å²) in [5, 5.41) is 62.8. The number of nitro groups is 1. The predicted molar refractivity (Wildman–Crippen MR) is 312 cm³/mol. The summed E-state index contributed by atoms with van der Waals surface area (Å²) in [6.07, 6.45) is 7.44. The molecule has 0 atom stereocenters. The first-order valence-electron chi connectivity index (χ1n) is 26.1. The Labute approximate surface area is 519 Å². The lowest BCUT2D eigenvalue weighted by Crippen LogP contribution is -2.37. The van der Waals surface area contributed by atoms with Gasteiger partial charge >= 0.3 is 23.4 Å². The maximum atomic E-state index is 13.4. The van der Waals surface area contributed by atoms with Gasteiger partial charge in [0.2, 0.25) is 17.5 Å². The zero-order chi connectivity index (χ0) is 64.0. The van der Waals surface area contributed by atoms with Crippen molar-refractivity contribution in [1.29, 1.82) is 0 Å². The summed E-state index contributed by atoms with van der Waals surface area (Å²) >= 11 is 9.14. The van der Waals surface area contributed by atoms with Crippen LogP contribution in [0, 0.1) is 39.4 Å². The molecule has 2 fully saturated rings. The van der Waals surface area contributed by atoms with Gasteiger partial charge in [0.05, 0.1) is 24.8 Å². The van der Waals surface area contributed by atoms with E-state index in [4.69, 9.17) is 26.0 Å². The number of alkyl carbamates (subject to hydrolysis) is 1. The van der Waals surface area contributed by atoms with E-state index >= 15 is 0 Å². The van der Waals surface area contributed by atoms with Gasteiger partial charge in [-0.15, -0.1) is 4.63 Å². The highest BCUT2D eigenvalue weighted by Gasteiger charge is 2.31. The third kappa shape index (κ3) is 18.6. The molecule has 0 unspecified atom stereocenters. The van der Waals surface area contributed by atoms with Crippen LogP contribution in [0.15, 0.2) is 106 Å². The standard InChI is InChI=1S/C17H22BrFN6O4S.C12H24N2O2.C10H3BrFN5O5.C10H5BrFN5O3/c18-13-7-11(3-6-14(13)19)8-15(23-26)16-17(25-29-24-16)22-12-4-1-10(2-5-12)9-21-30(20,27)28;1-12(2,3)16-11(15)14-8-9-4-6-10(13)7-5-9;11-5-3-4(1-2-6(5)12)16-8(14-21-10(16)18)7-9(17(19)20)15-22-13-7;11-5-3-4(1-2-6(5)12)17-9(16-19-10(17)18)7-8(13)15-20-14-7/h3,6-7,10,12,21,26H,1-2,4-5,8-9H2,(H,22,25)(H2,20,27,28);9-10H,4-8,13H2,1-3H3,(H,14,15);1-3H;1-3H,(H2,13,15). The third-order valence-corrected chi connectivity index (χ3v) is 15.3. The number of rotatable bonds is 15. The summed E-state index contributed by atoms with van der Waals surface area (Å²) in [6.45, 7) is 6.63. The minimum absolute atomic E-state index is 0.00672. The number of carbonyl (C=O) groups is 1. The first-order valence-corrected chi connectivity index (χ1v) is 30.0. The largest absolute Gasteiger partial charge is 0.446 e. The van der Waals surface area contributed by atoms with E-state index < -0.39 is 55.4 Å². The second-order valence-corrected chi connectivity index (χ2v) is 24.4. The summed E-state index contributed by atoms with van der Waals surface area (Å²) in [5.74, 6) is -3.06. The van der Waals surface area contributed by atoms with Crippen molar-refractivity contribution < 1.29 is 64.2 Å². The Morgan fingerprint density at radius 2 is 1.27 bits per heavy atom. The van der Waals surface area contributed by atoms with Crippen LogP contribution in [-0.4, -0.2) is 112 Å². The number of ether oxygens (including phenoxy) is 1. The van der Waals surface area contributed by atoms with Crippen LogP contribution in [0.2, 0.25) is 0 Å². The van der Waals surface area contributed by atoms with Gasteiger partial charge in [-0.3, -0.25) is 9.05 Å². The molecule has 10 N–H and O–H groups in total. The van der Waals surface area contributed by atoms with Crippen LogP contribution in [-0.2, 0) is 21.4 Å². The number of halogens is 6. The van der Waals surface area contributed by atoms with Crippen LogP contribution in [0.3, 0.4) is 0 Å². The van der Waals surface area contributed by atoms with Crippen molar-refractivity contribution in [1.82, 2.24) is 60.4 Å². The summed E-state index contributed by atoms with van der Waals surface area (Å²) in [4.78, 5) is 44.9. The molecule has 0 spiro atoms. The number of nitrogens with two attached hydrogens (primary N) is 3. The van der Waals surface area contributed by atoms with E-state index in [-0.39, 0.29) is 79.5 Å². The van der Waals surface area contributed by atoms with Crippen LogP contribution in [0.4, 0.5) is 35.4 Å². The SMILES string of the molecule is CC(C)(C)OC(=O)NCC1CCC(N)CC1.NS(=O)(=O)NCC1CCC(Nc2nonc2C(Cc2ccc(F)c(Br)c2)=NO)CC1.Nc1nonc1-c1noc(=O)n1-c1ccc(F)c(Br)c1.O=c1onc(-c2nonc2[N+](=O)[O-])n1-c1ccc(F)c(Br)c1. The van der Waals surface area contributed by atoms with Crippen LogP contribution >= 0.6 is 47.8 Å². The minimum Gasteiger partial charge on any atom is -0.444 e.